The molecule has 0 aliphatic heterocycles. The first-order chi connectivity index (χ1) is 1.91. The molecule has 0 saturated heterocycles. The largest absolute Gasteiger partial charge is 0.419 e. The first kappa shape index (κ1) is 16.0. The van der Waals surface area contributed by atoms with Crippen molar-refractivity contribution in [3.05, 3.63) is 12.7 Å². The molecule has 0 aromatic heterocycles. The Hall–Kier alpha value is 0.579. The number of hydrogen-bond acceptors (Lipinski definition) is 1. The molecule has 0 N–H and O–H groups in total. The first-order valence-electron chi connectivity index (χ1n) is 0.901. The van der Waals surface area contributed by atoms with Crippen molar-refractivity contribution in [2.75, 3.05) is 0 Å². The summed E-state index contributed by atoms with van der Waals surface area (Å²) in [4.78, 5) is 8.93. The van der Waals surface area contributed by atoms with E-state index in [1.54, 1.807) is 0 Å². The number of rotatable bonds is 1. The molecular formula is C3H3OV2-. The molecule has 3 heteroatoms. The maximum atomic E-state index is 8.93. The second-order valence-electron chi connectivity index (χ2n) is 0.322. The summed E-state index contributed by atoms with van der Waals surface area (Å²) in [5.74, 6) is 0. The van der Waals surface area contributed by atoms with E-state index in [9.17, 15) is 0 Å². The Labute approximate surface area is 61.0 Å². The van der Waals surface area contributed by atoms with Crippen LogP contribution in [0.25, 0.3) is 0 Å². The van der Waals surface area contributed by atoms with Crippen LogP contribution < -0.4 is 0 Å². The third-order valence-corrected chi connectivity index (χ3v) is 0.0833. The summed E-state index contributed by atoms with van der Waals surface area (Å²) < 4.78 is 0. The quantitative estimate of drug-likeness (QED) is 0.394. The summed E-state index contributed by atoms with van der Waals surface area (Å²) in [6, 6.07) is 0. The average Bonchev–Trinajstić information content (AvgIpc) is 1.37. The van der Waals surface area contributed by atoms with E-state index in [0.717, 1.165) is 6.08 Å². The van der Waals surface area contributed by atoms with Gasteiger partial charge in [-0.25, -0.2) is 12.7 Å². The van der Waals surface area contributed by atoms with Gasteiger partial charge >= 0.3 is 0 Å². The molecule has 2 radical (unpaired) electrons. The summed E-state index contributed by atoms with van der Waals surface area (Å²) in [6.07, 6.45) is 2.51. The first-order valence-corrected chi connectivity index (χ1v) is 0.901. The van der Waals surface area contributed by atoms with Gasteiger partial charge in [-0.05, 0) is 6.29 Å². The van der Waals surface area contributed by atoms with E-state index in [2.05, 4.69) is 6.58 Å². The van der Waals surface area contributed by atoms with E-state index in [4.69, 9.17) is 4.79 Å². The summed E-state index contributed by atoms with van der Waals surface area (Å²) >= 11 is 0. The van der Waals surface area contributed by atoms with Gasteiger partial charge in [0.2, 0.25) is 0 Å². The molecular weight excluding hydrogens is 154 g/mol. The van der Waals surface area contributed by atoms with E-state index in [-0.39, 0.29) is 37.1 Å². The van der Waals surface area contributed by atoms with Gasteiger partial charge in [0.1, 0.15) is 0 Å². The molecule has 0 fully saturated rings. The van der Waals surface area contributed by atoms with Crippen molar-refractivity contribution in [3.63, 3.8) is 0 Å². The van der Waals surface area contributed by atoms with Crippen molar-refractivity contribution in [1.29, 1.82) is 0 Å². The number of carbonyl (C=O) groups excluding carboxylic acids is 1. The Kier molecular flexibility index (Phi) is 46.9. The summed E-state index contributed by atoms with van der Waals surface area (Å²) in [6.45, 7) is 3.06. The predicted octanol–water partition coefficient (Wildman–Crippen LogP) is 0.277. The fraction of sp³-hybridized carbons (Fsp3) is 0. The molecule has 0 aromatic carbocycles. The van der Waals surface area contributed by atoms with Crippen LogP contribution in [0.2, 0.25) is 0 Å². The molecule has 6 heavy (non-hydrogen) atoms. The van der Waals surface area contributed by atoms with Crippen LogP contribution in [0.1, 0.15) is 0 Å². The molecule has 0 rings (SSSR count). The standard InChI is InChI=1S/C3H3O.2V/c1-2-3-4;;/h2H,1H2;;/q-1;;. The van der Waals surface area contributed by atoms with Gasteiger partial charge in [0.25, 0.3) is 0 Å². The Balaban J connectivity index is -0.0000000450. The van der Waals surface area contributed by atoms with Gasteiger partial charge in [-0.2, -0.15) is 0 Å². The molecule has 1 nitrogen and oxygen atoms in total. The molecule has 0 unspecified atom stereocenters. The molecule has 0 atom stereocenters. The molecule has 0 amide bonds. The maximum Gasteiger partial charge on any atom is 0 e. The van der Waals surface area contributed by atoms with Gasteiger partial charge in [0.15, 0.2) is 0 Å². The van der Waals surface area contributed by atoms with Crippen LogP contribution in [0, 0.1) is 0 Å². The van der Waals surface area contributed by atoms with Gasteiger partial charge in [0.05, 0.1) is 0 Å². The minimum Gasteiger partial charge on any atom is -0.419 e. The second kappa shape index (κ2) is 17.6. The van der Waals surface area contributed by atoms with E-state index < -0.39 is 0 Å². The predicted molar refractivity (Wildman–Crippen MR) is 15.9 cm³/mol. The van der Waals surface area contributed by atoms with Crippen molar-refractivity contribution in [2.24, 2.45) is 0 Å². The third-order valence-electron chi connectivity index (χ3n) is 0.0833. The van der Waals surface area contributed by atoms with Crippen molar-refractivity contribution in [1.82, 2.24) is 0 Å². The molecule has 0 saturated carbocycles. The van der Waals surface area contributed by atoms with Crippen molar-refractivity contribution < 1.29 is 41.9 Å². The van der Waals surface area contributed by atoms with Crippen LogP contribution in [0.5, 0.6) is 0 Å². The fourth-order valence-corrected chi connectivity index (χ4v) is 0. The topological polar surface area (TPSA) is 17.1 Å². The van der Waals surface area contributed by atoms with Gasteiger partial charge in [-0.15, -0.1) is 0 Å². The minimum absolute atomic E-state index is 0. The molecule has 0 bridgehead atoms. The van der Waals surface area contributed by atoms with Gasteiger partial charge in [-0.3, -0.25) is 0 Å². The van der Waals surface area contributed by atoms with E-state index in [1.165, 1.54) is 6.29 Å². The van der Waals surface area contributed by atoms with Crippen LogP contribution in [0.3, 0.4) is 0 Å². The molecule has 0 spiro atoms. The normalized spacial score (nSPS) is 3.33. The molecule has 0 aromatic rings. The zero-order chi connectivity index (χ0) is 3.41. The summed E-state index contributed by atoms with van der Waals surface area (Å²) in [5, 5.41) is 0. The number of hydrogen-bond donors (Lipinski definition) is 0. The molecule has 0 heterocycles. The maximum absolute atomic E-state index is 8.93. The fourth-order valence-electron chi connectivity index (χ4n) is 0. The van der Waals surface area contributed by atoms with Gasteiger partial charge in [-0.1, -0.05) is 0 Å². The van der Waals surface area contributed by atoms with Crippen LogP contribution >= 0.6 is 0 Å². The van der Waals surface area contributed by atoms with Crippen LogP contribution in [0.15, 0.2) is 12.7 Å². The smallest absolute Gasteiger partial charge is 0 e. The van der Waals surface area contributed by atoms with Crippen LogP contribution in [-0.4, -0.2) is 6.29 Å². The molecule has 0 aliphatic carbocycles. The second-order valence-corrected chi connectivity index (χ2v) is 0.322. The van der Waals surface area contributed by atoms with Gasteiger partial charge in [0, 0.05) is 37.1 Å². The Morgan fingerprint density at radius 1 is 1.50 bits per heavy atom. The average molecular weight is 157 g/mol. The zero-order valence-corrected chi connectivity index (χ0v) is 5.88. The summed E-state index contributed by atoms with van der Waals surface area (Å²) in [7, 11) is 0. The van der Waals surface area contributed by atoms with Crippen molar-refractivity contribution in [3.8, 4) is 0 Å². The van der Waals surface area contributed by atoms with E-state index in [0.29, 0.717) is 0 Å². The molecule has 0 aliphatic rings. The SMILES string of the molecule is C=C[C-]=O.[V].[V]. The Morgan fingerprint density at radius 3 is 1.67 bits per heavy atom. The van der Waals surface area contributed by atoms with E-state index >= 15 is 0 Å². The van der Waals surface area contributed by atoms with Crippen molar-refractivity contribution >= 4 is 6.29 Å². The minimum atomic E-state index is 0. The molecule has 32 valence electrons. The van der Waals surface area contributed by atoms with E-state index in [1.807, 2.05) is 0 Å². The summed E-state index contributed by atoms with van der Waals surface area (Å²) in [5.41, 5.74) is 0. The zero-order valence-electron chi connectivity index (χ0n) is 3.09. The van der Waals surface area contributed by atoms with Crippen LogP contribution in [-0.2, 0) is 41.9 Å². The Bertz CT molecular complexity index is 29.8. The van der Waals surface area contributed by atoms with Crippen LogP contribution in [0.4, 0.5) is 0 Å². The monoisotopic (exact) mass is 157 g/mol. The van der Waals surface area contributed by atoms with Gasteiger partial charge < -0.3 is 4.79 Å². The van der Waals surface area contributed by atoms with Crippen molar-refractivity contribution in [2.45, 2.75) is 0 Å². The Morgan fingerprint density at radius 2 is 1.67 bits per heavy atom. The third kappa shape index (κ3) is 23.5. The number of allylic oxidation sites excluding steroid dienone is 1.